The number of carbonyl (C=O) groups is 2. The van der Waals surface area contributed by atoms with Gasteiger partial charge in [-0.3, -0.25) is 4.79 Å². The monoisotopic (exact) mass is 275 g/mol. The summed E-state index contributed by atoms with van der Waals surface area (Å²) in [5.74, 6) is -1.57. The number of carboxylic acid groups (broad SMARTS) is 1. The molecule has 0 heterocycles. The van der Waals surface area contributed by atoms with E-state index in [9.17, 15) is 14.7 Å². The molecule has 0 aliphatic carbocycles. The summed E-state index contributed by atoms with van der Waals surface area (Å²) < 4.78 is 0. The molecule has 106 valence electrons. The Morgan fingerprint density at radius 2 is 1.80 bits per heavy atom. The zero-order chi connectivity index (χ0) is 15.3. The van der Waals surface area contributed by atoms with Crippen LogP contribution in [-0.2, 0) is 4.79 Å². The molecule has 0 spiro atoms. The van der Waals surface area contributed by atoms with Crippen LogP contribution in [-0.4, -0.2) is 22.1 Å². The summed E-state index contributed by atoms with van der Waals surface area (Å²) in [4.78, 5) is 22.3. The second-order valence-corrected chi connectivity index (χ2v) is 3.88. The minimum absolute atomic E-state index is 0.0469. The van der Waals surface area contributed by atoms with Crippen molar-refractivity contribution >= 4 is 28.3 Å². The Kier molecular flexibility index (Phi) is 5.08. The van der Waals surface area contributed by atoms with Crippen molar-refractivity contribution in [2.45, 2.75) is 20.8 Å². The van der Waals surface area contributed by atoms with Crippen molar-refractivity contribution in [2.75, 3.05) is 5.32 Å². The highest BCUT2D eigenvalue weighted by Gasteiger charge is 2.14. The molecule has 0 radical (unpaired) electrons. The number of hydrogen-bond acceptors (Lipinski definition) is 3. The van der Waals surface area contributed by atoms with Crippen molar-refractivity contribution in [2.24, 2.45) is 0 Å². The van der Waals surface area contributed by atoms with Gasteiger partial charge in [-0.25, -0.2) is 4.79 Å². The number of aromatic hydroxyl groups is 1. The lowest BCUT2D eigenvalue weighted by atomic mass is 10.0. The molecule has 0 saturated carbocycles. The van der Waals surface area contributed by atoms with Crippen molar-refractivity contribution in [1.29, 1.82) is 0 Å². The van der Waals surface area contributed by atoms with Gasteiger partial charge < -0.3 is 15.5 Å². The number of carboxylic acids is 1. The minimum Gasteiger partial charge on any atom is -0.508 e. The third-order valence-corrected chi connectivity index (χ3v) is 2.50. The number of rotatable bonds is 2. The number of phenolic OH excluding ortho intramolecular Hbond substituents is 1. The number of hydrogen-bond donors (Lipinski definition) is 3. The van der Waals surface area contributed by atoms with Gasteiger partial charge in [0.15, 0.2) is 0 Å². The fourth-order valence-corrected chi connectivity index (χ4v) is 1.87. The maximum atomic E-state index is 11.2. The molecule has 0 aromatic heterocycles. The van der Waals surface area contributed by atoms with Crippen molar-refractivity contribution in [1.82, 2.24) is 0 Å². The SMILES string of the molecule is CC.CC(=O)Nc1cccc2cc(O)cc(C(=O)O)c12. The second kappa shape index (κ2) is 6.56. The van der Waals surface area contributed by atoms with Crippen LogP contribution in [0.4, 0.5) is 5.69 Å². The fourth-order valence-electron chi connectivity index (χ4n) is 1.87. The molecule has 2 aromatic rings. The van der Waals surface area contributed by atoms with E-state index in [0.29, 0.717) is 16.5 Å². The topological polar surface area (TPSA) is 86.6 Å². The smallest absolute Gasteiger partial charge is 0.336 e. The molecule has 20 heavy (non-hydrogen) atoms. The third-order valence-electron chi connectivity index (χ3n) is 2.50. The molecule has 0 bridgehead atoms. The molecule has 5 nitrogen and oxygen atoms in total. The van der Waals surface area contributed by atoms with E-state index in [2.05, 4.69) is 5.32 Å². The van der Waals surface area contributed by atoms with E-state index >= 15 is 0 Å². The zero-order valence-corrected chi connectivity index (χ0v) is 11.6. The van der Waals surface area contributed by atoms with Crippen LogP contribution in [0.3, 0.4) is 0 Å². The lowest BCUT2D eigenvalue weighted by Crippen LogP contribution is -2.08. The summed E-state index contributed by atoms with van der Waals surface area (Å²) >= 11 is 0. The predicted octanol–water partition coefficient (Wildman–Crippen LogP) is 3.23. The largest absolute Gasteiger partial charge is 0.508 e. The van der Waals surface area contributed by atoms with Crippen molar-refractivity contribution in [3.05, 3.63) is 35.9 Å². The number of aromatic carboxylic acids is 1. The molecule has 0 atom stereocenters. The number of fused-ring (bicyclic) bond motifs is 1. The van der Waals surface area contributed by atoms with Gasteiger partial charge in [-0.1, -0.05) is 26.0 Å². The van der Waals surface area contributed by atoms with Gasteiger partial charge in [-0.05, 0) is 23.6 Å². The zero-order valence-electron chi connectivity index (χ0n) is 11.6. The van der Waals surface area contributed by atoms with E-state index in [4.69, 9.17) is 5.11 Å². The molecule has 1 amide bonds. The molecule has 0 aliphatic rings. The van der Waals surface area contributed by atoms with Gasteiger partial charge in [-0.15, -0.1) is 0 Å². The van der Waals surface area contributed by atoms with E-state index in [0.717, 1.165) is 6.07 Å². The van der Waals surface area contributed by atoms with Crippen molar-refractivity contribution < 1.29 is 19.8 Å². The van der Waals surface area contributed by atoms with Crippen LogP contribution in [0.1, 0.15) is 31.1 Å². The first kappa shape index (κ1) is 15.5. The van der Waals surface area contributed by atoms with Crippen LogP contribution >= 0.6 is 0 Å². The van der Waals surface area contributed by atoms with Crippen molar-refractivity contribution in [3.63, 3.8) is 0 Å². The Labute approximate surface area is 116 Å². The molecule has 0 fully saturated rings. The highest BCUT2D eigenvalue weighted by atomic mass is 16.4. The number of anilines is 1. The average Bonchev–Trinajstić information content (AvgIpc) is 2.39. The van der Waals surface area contributed by atoms with E-state index in [1.807, 2.05) is 13.8 Å². The number of benzene rings is 2. The summed E-state index contributed by atoms with van der Waals surface area (Å²) in [6.07, 6.45) is 0. The standard InChI is InChI=1S/C13H11NO4.C2H6/c1-7(15)14-11-4-2-3-8-5-9(16)6-10(12(8)11)13(17)18;1-2/h2-6,16H,1H3,(H,14,15)(H,17,18);1-2H3. The van der Waals surface area contributed by atoms with E-state index in [1.165, 1.54) is 13.0 Å². The maximum Gasteiger partial charge on any atom is 0.336 e. The molecule has 0 aliphatic heterocycles. The summed E-state index contributed by atoms with van der Waals surface area (Å²) in [5.41, 5.74) is 0.367. The lowest BCUT2D eigenvalue weighted by Gasteiger charge is -2.10. The van der Waals surface area contributed by atoms with E-state index in [1.54, 1.807) is 18.2 Å². The van der Waals surface area contributed by atoms with Gasteiger partial charge in [0.1, 0.15) is 5.75 Å². The van der Waals surface area contributed by atoms with Crippen LogP contribution < -0.4 is 5.32 Å². The lowest BCUT2D eigenvalue weighted by molar-refractivity contribution is -0.114. The molecule has 0 unspecified atom stereocenters. The molecule has 3 N–H and O–H groups in total. The summed E-state index contributed by atoms with van der Waals surface area (Å²) in [6, 6.07) is 7.59. The van der Waals surface area contributed by atoms with Gasteiger partial charge >= 0.3 is 5.97 Å². The van der Waals surface area contributed by atoms with Crippen LogP contribution in [0.5, 0.6) is 5.75 Å². The number of phenols is 1. The third kappa shape index (κ3) is 3.26. The fraction of sp³-hybridized carbons (Fsp3) is 0.200. The van der Waals surface area contributed by atoms with Crippen molar-refractivity contribution in [3.8, 4) is 5.75 Å². The number of carbonyl (C=O) groups excluding carboxylic acids is 1. The van der Waals surface area contributed by atoms with Crippen LogP contribution in [0.15, 0.2) is 30.3 Å². The van der Waals surface area contributed by atoms with Gasteiger partial charge in [0, 0.05) is 18.0 Å². The Balaban J connectivity index is 0.000000956. The average molecular weight is 275 g/mol. The van der Waals surface area contributed by atoms with Gasteiger partial charge in [0.05, 0.1) is 5.56 Å². The summed E-state index contributed by atoms with van der Waals surface area (Å²) in [7, 11) is 0. The van der Waals surface area contributed by atoms with Gasteiger partial charge in [0.2, 0.25) is 5.91 Å². The number of amides is 1. The van der Waals surface area contributed by atoms with Crippen LogP contribution in [0.2, 0.25) is 0 Å². The first-order valence-electron chi connectivity index (χ1n) is 6.25. The molecular formula is C15H17NO4. The van der Waals surface area contributed by atoms with Gasteiger partial charge in [0.25, 0.3) is 0 Å². The predicted molar refractivity (Wildman–Crippen MR) is 78.2 cm³/mol. The van der Waals surface area contributed by atoms with E-state index in [-0.39, 0.29) is 17.2 Å². The Hall–Kier alpha value is -2.56. The highest BCUT2D eigenvalue weighted by Crippen LogP contribution is 2.30. The quantitative estimate of drug-likeness (QED) is 0.785. The van der Waals surface area contributed by atoms with Crippen LogP contribution in [0, 0.1) is 0 Å². The molecule has 0 saturated heterocycles. The van der Waals surface area contributed by atoms with Crippen LogP contribution in [0.25, 0.3) is 10.8 Å². The van der Waals surface area contributed by atoms with Gasteiger partial charge in [-0.2, -0.15) is 0 Å². The minimum atomic E-state index is -1.16. The molecule has 2 aromatic carbocycles. The molecular weight excluding hydrogens is 258 g/mol. The summed E-state index contributed by atoms with van der Waals surface area (Å²) in [6.45, 7) is 5.35. The highest BCUT2D eigenvalue weighted by molar-refractivity contribution is 6.12. The van der Waals surface area contributed by atoms with E-state index < -0.39 is 5.97 Å². The first-order chi connectivity index (χ1) is 9.49. The molecule has 5 heteroatoms. The number of nitrogens with one attached hydrogen (secondary N) is 1. The summed E-state index contributed by atoms with van der Waals surface area (Å²) in [5, 5.41) is 22.2. The Morgan fingerprint density at radius 3 is 2.35 bits per heavy atom. The maximum absolute atomic E-state index is 11.2. The molecule has 2 rings (SSSR count). The first-order valence-corrected chi connectivity index (χ1v) is 6.25. The Morgan fingerprint density at radius 1 is 1.15 bits per heavy atom. The second-order valence-electron chi connectivity index (χ2n) is 3.88. The normalized spacial score (nSPS) is 9.55. The Bertz CT molecular complexity index is 650.